The van der Waals surface area contributed by atoms with Crippen LogP contribution in [-0.2, 0) is 47.7 Å². The summed E-state index contributed by atoms with van der Waals surface area (Å²) < 4.78 is 30.0. The van der Waals surface area contributed by atoms with Crippen LogP contribution in [0, 0.1) is 16.7 Å². The molecule has 0 aromatic heterocycles. The molecule has 1 saturated heterocycles. The average molecular weight is 792 g/mol. The number of fused-ring (bicyclic) bond motifs is 5. The van der Waals surface area contributed by atoms with Crippen LogP contribution in [0.5, 0.6) is 0 Å². The molecule has 1 heterocycles. The first kappa shape index (κ1) is 41.7. The molecule has 306 valence electrons. The Morgan fingerprint density at radius 3 is 2.05 bits per heavy atom. The van der Waals surface area contributed by atoms with Crippen molar-refractivity contribution in [1.29, 1.82) is 0 Å². The Hall–Kier alpha value is -4.96. The van der Waals surface area contributed by atoms with Crippen molar-refractivity contribution < 1.29 is 67.8 Å². The first-order valence-electron chi connectivity index (χ1n) is 18.8. The second kappa shape index (κ2) is 15.1. The highest BCUT2D eigenvalue weighted by Gasteiger charge is 2.78. The number of carbonyl (C=O) groups excluding carboxylic acids is 6. The molecular weight excluding hydrogens is 742 g/mol. The number of ether oxygens (including phenoxy) is 5. The minimum atomic E-state index is -2.37. The van der Waals surface area contributed by atoms with Crippen molar-refractivity contribution in [3.8, 4) is 0 Å². The zero-order valence-corrected chi connectivity index (χ0v) is 32.8. The molecule has 0 spiro atoms. The van der Waals surface area contributed by atoms with Gasteiger partial charge in [0, 0.05) is 39.0 Å². The molecule has 0 unspecified atom stereocenters. The lowest BCUT2D eigenvalue weighted by atomic mass is 9.44. The Morgan fingerprint density at radius 1 is 0.895 bits per heavy atom. The molecule has 1 amide bonds. The quantitative estimate of drug-likeness (QED) is 0.163. The van der Waals surface area contributed by atoms with E-state index in [4.69, 9.17) is 23.7 Å². The highest BCUT2D eigenvalue weighted by molar-refractivity contribution is 5.95. The average Bonchev–Trinajstić information content (AvgIpc) is 3.15. The summed E-state index contributed by atoms with van der Waals surface area (Å²) in [6.07, 6.45) is -10.3. The number of rotatable bonds is 9. The summed E-state index contributed by atoms with van der Waals surface area (Å²) >= 11 is 0. The van der Waals surface area contributed by atoms with Gasteiger partial charge in [0.05, 0.1) is 35.6 Å². The van der Waals surface area contributed by atoms with Crippen molar-refractivity contribution in [2.75, 3.05) is 6.61 Å². The molecule has 3 fully saturated rings. The Morgan fingerprint density at radius 2 is 1.51 bits per heavy atom. The fourth-order valence-corrected chi connectivity index (χ4v) is 9.59. The first-order valence-corrected chi connectivity index (χ1v) is 18.8. The van der Waals surface area contributed by atoms with Crippen LogP contribution in [0.15, 0.2) is 71.8 Å². The number of ketones is 1. The number of hydrogen-bond acceptors (Lipinski definition) is 14. The van der Waals surface area contributed by atoms with Crippen LogP contribution in [0.2, 0.25) is 0 Å². The Labute approximate surface area is 329 Å². The Kier molecular flexibility index (Phi) is 11.0. The monoisotopic (exact) mass is 791 g/mol. The van der Waals surface area contributed by atoms with Crippen molar-refractivity contribution in [2.24, 2.45) is 16.7 Å². The summed E-state index contributed by atoms with van der Waals surface area (Å²) in [4.78, 5) is 81.5. The SMILES string of the molecule is CC(=O)N[C@@H](c1ccccc1)[C@@H](O)C(=O)O[C@@H]1C[C@@]2(O)[C@@H](OC(=O)c3ccccc3)[C@@H]3[C@]4(OC(C)=O)CO[C@@H]4C[C@H](O)[C@@]3(C)C(=O)[C@H](OC(C)=O)C(=C1C)C2(C)C. The van der Waals surface area contributed by atoms with Gasteiger partial charge in [-0.25, -0.2) is 9.59 Å². The summed E-state index contributed by atoms with van der Waals surface area (Å²) in [5.41, 5.74) is -7.15. The van der Waals surface area contributed by atoms with E-state index in [1.165, 1.54) is 32.9 Å². The number of esters is 4. The minimum absolute atomic E-state index is 0.00589. The van der Waals surface area contributed by atoms with E-state index in [2.05, 4.69) is 5.32 Å². The van der Waals surface area contributed by atoms with E-state index >= 15 is 4.79 Å². The lowest BCUT2D eigenvalue weighted by Crippen LogP contribution is -2.82. The molecule has 57 heavy (non-hydrogen) atoms. The van der Waals surface area contributed by atoms with E-state index < -0.39 is 113 Å². The predicted molar refractivity (Wildman–Crippen MR) is 198 cm³/mol. The number of amides is 1. The normalized spacial score (nSPS) is 33.7. The molecule has 6 rings (SSSR count). The Bertz CT molecular complexity index is 1980. The molecule has 2 aromatic carbocycles. The van der Waals surface area contributed by atoms with Crippen molar-refractivity contribution in [1.82, 2.24) is 5.32 Å². The van der Waals surface area contributed by atoms with Gasteiger partial charge in [-0.05, 0) is 42.7 Å². The van der Waals surface area contributed by atoms with E-state index in [9.17, 15) is 39.3 Å². The maximum Gasteiger partial charge on any atom is 0.338 e. The van der Waals surface area contributed by atoms with Crippen LogP contribution in [0.3, 0.4) is 0 Å². The van der Waals surface area contributed by atoms with Gasteiger partial charge in [-0.15, -0.1) is 0 Å². The molecule has 15 nitrogen and oxygen atoms in total. The summed E-state index contributed by atoms with van der Waals surface area (Å²) in [5.74, 6) is -6.74. The van der Waals surface area contributed by atoms with Crippen LogP contribution < -0.4 is 5.32 Å². The molecule has 4 N–H and O–H groups in total. The predicted octanol–water partition coefficient (Wildman–Crippen LogP) is 2.44. The van der Waals surface area contributed by atoms with E-state index in [1.54, 1.807) is 62.4 Å². The van der Waals surface area contributed by atoms with Gasteiger partial charge in [-0.3, -0.25) is 19.2 Å². The largest absolute Gasteiger partial charge is 0.456 e. The van der Waals surface area contributed by atoms with E-state index in [0.717, 1.165) is 13.8 Å². The Balaban J connectivity index is 1.57. The fourth-order valence-electron chi connectivity index (χ4n) is 9.59. The molecule has 3 aliphatic carbocycles. The molecule has 0 radical (unpaired) electrons. The summed E-state index contributed by atoms with van der Waals surface area (Å²) in [7, 11) is 0. The van der Waals surface area contributed by atoms with Gasteiger partial charge in [-0.1, -0.05) is 62.4 Å². The third-order valence-electron chi connectivity index (χ3n) is 12.5. The van der Waals surface area contributed by atoms with E-state index in [1.807, 2.05) is 0 Å². The third-order valence-corrected chi connectivity index (χ3v) is 12.5. The lowest BCUT2D eigenvalue weighted by Gasteiger charge is -2.67. The molecule has 2 bridgehead atoms. The van der Waals surface area contributed by atoms with Crippen LogP contribution in [0.1, 0.15) is 83.3 Å². The van der Waals surface area contributed by atoms with Crippen molar-refractivity contribution >= 4 is 35.6 Å². The number of Topliss-reactive ketones (excluding diaryl/α,β-unsaturated/α-hetero) is 1. The summed E-state index contributed by atoms with van der Waals surface area (Å²) in [6, 6.07) is 14.8. The second-order valence-corrected chi connectivity index (χ2v) is 16.2. The van der Waals surface area contributed by atoms with Gasteiger partial charge < -0.3 is 44.3 Å². The number of nitrogens with one attached hydrogen (secondary N) is 1. The molecule has 2 aromatic rings. The van der Waals surface area contributed by atoms with E-state index in [0.29, 0.717) is 5.56 Å². The lowest BCUT2D eigenvalue weighted by molar-refractivity contribution is -0.346. The van der Waals surface area contributed by atoms with Gasteiger partial charge >= 0.3 is 23.9 Å². The fraction of sp³-hybridized carbons (Fsp3) is 0.524. The molecule has 2 saturated carbocycles. The standard InChI is InChI=1S/C42H49NO14/c1-21-27(55-38(51)32(48)31(43-22(2)44)25-14-10-8-11-15-25)19-42(52)36(56-37(50)26-16-12-9-13-17-26)34-40(7,28(47)18-29-41(34,20-53-29)57-24(4)46)35(49)33(54-23(3)45)30(21)39(42,5)6/h8-17,27-29,31-34,36,47-48,52H,18-20H2,1-7H3,(H,43,44)/t27-,28+,29-,31+,32-,33-,34+,36+,40-,41+,42-/m1/s1. The summed E-state index contributed by atoms with van der Waals surface area (Å²) in [5, 5.41) is 39.5. The highest BCUT2D eigenvalue weighted by Crippen LogP contribution is 2.64. The number of aliphatic hydroxyl groups is 3. The molecule has 15 heteroatoms. The molecule has 1 aliphatic heterocycles. The number of carbonyl (C=O) groups is 6. The number of aliphatic hydroxyl groups excluding tert-OH is 2. The van der Waals surface area contributed by atoms with Gasteiger partial charge in [0.25, 0.3) is 0 Å². The third kappa shape index (κ3) is 6.83. The summed E-state index contributed by atoms with van der Waals surface area (Å²) in [6.45, 7) is 9.19. The van der Waals surface area contributed by atoms with Crippen molar-refractivity contribution in [3.05, 3.63) is 82.9 Å². The van der Waals surface area contributed by atoms with Crippen molar-refractivity contribution in [3.63, 3.8) is 0 Å². The number of benzene rings is 2. The first-order chi connectivity index (χ1) is 26.7. The molecular formula is C42H49NO14. The minimum Gasteiger partial charge on any atom is -0.456 e. The van der Waals surface area contributed by atoms with Gasteiger partial charge in [0.1, 0.15) is 23.9 Å². The zero-order valence-electron chi connectivity index (χ0n) is 32.8. The molecule has 4 aliphatic rings. The van der Waals surface area contributed by atoms with Crippen LogP contribution >= 0.6 is 0 Å². The second-order valence-electron chi connectivity index (χ2n) is 16.2. The molecule has 11 atom stereocenters. The maximum atomic E-state index is 15.4. The maximum absolute atomic E-state index is 15.4. The van der Waals surface area contributed by atoms with E-state index in [-0.39, 0.29) is 29.7 Å². The topological polar surface area (TPSA) is 221 Å². The van der Waals surface area contributed by atoms with Gasteiger partial charge in [0.2, 0.25) is 5.91 Å². The van der Waals surface area contributed by atoms with Crippen LogP contribution in [0.4, 0.5) is 0 Å². The van der Waals surface area contributed by atoms with Gasteiger partial charge in [0.15, 0.2) is 23.6 Å². The van der Waals surface area contributed by atoms with Crippen molar-refractivity contribution in [2.45, 2.75) is 115 Å². The zero-order chi connectivity index (χ0) is 41.8. The number of hydrogen-bond donors (Lipinski definition) is 4. The van der Waals surface area contributed by atoms with Crippen LogP contribution in [-0.4, -0.2) is 105 Å². The van der Waals surface area contributed by atoms with Gasteiger partial charge in [-0.2, -0.15) is 0 Å². The highest BCUT2D eigenvalue weighted by atomic mass is 16.6. The van der Waals surface area contributed by atoms with Crippen LogP contribution in [0.25, 0.3) is 0 Å². The smallest absolute Gasteiger partial charge is 0.338 e.